The molecule has 0 saturated heterocycles. The highest BCUT2D eigenvalue weighted by molar-refractivity contribution is 5.68. The summed E-state index contributed by atoms with van der Waals surface area (Å²) in [5.74, 6) is 0. The Morgan fingerprint density at radius 2 is 1.76 bits per heavy atom. The van der Waals surface area contributed by atoms with Crippen molar-refractivity contribution in [2.75, 3.05) is 19.0 Å². The Morgan fingerprint density at radius 1 is 1.00 bits per heavy atom. The van der Waals surface area contributed by atoms with Gasteiger partial charge in [-0.2, -0.15) is 0 Å². The minimum Gasteiger partial charge on any atom is -0.378 e. The summed E-state index contributed by atoms with van der Waals surface area (Å²) in [5.41, 5.74) is 3.27. The number of anilines is 1. The lowest BCUT2D eigenvalue weighted by atomic mass is 10.2. The summed E-state index contributed by atoms with van der Waals surface area (Å²) in [6, 6.07) is 10.3. The van der Waals surface area contributed by atoms with Crippen LogP contribution in [-0.4, -0.2) is 24.1 Å². The maximum Gasteiger partial charge on any atom is 0.115 e. The summed E-state index contributed by atoms with van der Waals surface area (Å²) in [6.07, 6.45) is 7.31. The van der Waals surface area contributed by atoms with Crippen LogP contribution in [0.3, 0.4) is 0 Å². The number of aromatic nitrogens is 2. The molecule has 0 fully saturated rings. The van der Waals surface area contributed by atoms with Crippen molar-refractivity contribution in [3.63, 3.8) is 0 Å². The topological polar surface area (TPSA) is 29.0 Å². The van der Waals surface area contributed by atoms with E-state index in [4.69, 9.17) is 0 Å². The van der Waals surface area contributed by atoms with Crippen molar-refractivity contribution >= 4 is 17.8 Å². The van der Waals surface area contributed by atoms with E-state index in [0.717, 1.165) is 11.3 Å². The van der Waals surface area contributed by atoms with Crippen molar-refractivity contribution in [3.05, 3.63) is 54.1 Å². The first-order chi connectivity index (χ1) is 8.25. The smallest absolute Gasteiger partial charge is 0.115 e. The lowest BCUT2D eigenvalue weighted by molar-refractivity contribution is 1.13. The van der Waals surface area contributed by atoms with Crippen LogP contribution in [0.1, 0.15) is 11.3 Å². The average Bonchev–Trinajstić information content (AvgIpc) is 2.38. The fourth-order valence-electron chi connectivity index (χ4n) is 1.46. The molecule has 0 aliphatic carbocycles. The average molecular weight is 225 g/mol. The SMILES string of the molecule is CN(C)c1ccc(C=Cc2ccncn2)cc1. The van der Waals surface area contributed by atoms with Gasteiger partial charge < -0.3 is 4.90 Å². The van der Waals surface area contributed by atoms with Crippen molar-refractivity contribution in [2.45, 2.75) is 0 Å². The van der Waals surface area contributed by atoms with E-state index in [1.165, 1.54) is 5.69 Å². The zero-order chi connectivity index (χ0) is 12.1. The Morgan fingerprint density at radius 3 is 2.35 bits per heavy atom. The van der Waals surface area contributed by atoms with Crippen LogP contribution in [0.5, 0.6) is 0 Å². The Kier molecular flexibility index (Phi) is 3.50. The molecule has 0 atom stereocenters. The summed E-state index contributed by atoms with van der Waals surface area (Å²) >= 11 is 0. The number of nitrogens with zero attached hydrogens (tertiary/aromatic N) is 3. The fraction of sp³-hybridized carbons (Fsp3) is 0.143. The molecular weight excluding hydrogens is 210 g/mol. The lowest BCUT2D eigenvalue weighted by Gasteiger charge is -2.11. The monoisotopic (exact) mass is 225 g/mol. The Bertz CT molecular complexity index is 487. The van der Waals surface area contributed by atoms with Gasteiger partial charge in [0.2, 0.25) is 0 Å². The van der Waals surface area contributed by atoms with Crippen molar-refractivity contribution in [2.24, 2.45) is 0 Å². The van der Waals surface area contributed by atoms with Gasteiger partial charge in [-0.1, -0.05) is 18.2 Å². The minimum atomic E-state index is 0.914. The van der Waals surface area contributed by atoms with Crippen LogP contribution in [0, 0.1) is 0 Å². The van der Waals surface area contributed by atoms with Gasteiger partial charge in [0.25, 0.3) is 0 Å². The minimum absolute atomic E-state index is 0.914. The summed E-state index contributed by atoms with van der Waals surface area (Å²) < 4.78 is 0. The summed E-state index contributed by atoms with van der Waals surface area (Å²) in [7, 11) is 4.07. The van der Waals surface area contributed by atoms with Gasteiger partial charge in [0.15, 0.2) is 0 Å². The zero-order valence-corrected chi connectivity index (χ0v) is 10.0. The molecule has 0 bridgehead atoms. The summed E-state index contributed by atoms with van der Waals surface area (Å²) in [6.45, 7) is 0. The standard InChI is InChI=1S/C14H15N3/c1-17(2)14-7-4-12(5-8-14)3-6-13-9-10-15-11-16-13/h3-11H,1-2H3. The molecule has 3 nitrogen and oxygen atoms in total. The molecule has 0 aliphatic heterocycles. The molecule has 0 N–H and O–H groups in total. The largest absolute Gasteiger partial charge is 0.378 e. The molecule has 86 valence electrons. The highest BCUT2D eigenvalue weighted by Crippen LogP contribution is 2.13. The van der Waals surface area contributed by atoms with Crippen LogP contribution >= 0.6 is 0 Å². The normalized spacial score (nSPS) is 10.7. The first-order valence-corrected chi connectivity index (χ1v) is 5.47. The molecular formula is C14H15N3. The fourth-order valence-corrected chi connectivity index (χ4v) is 1.46. The van der Waals surface area contributed by atoms with Crippen molar-refractivity contribution in [1.29, 1.82) is 0 Å². The Hall–Kier alpha value is -2.16. The van der Waals surface area contributed by atoms with E-state index < -0.39 is 0 Å². The molecule has 0 saturated carbocycles. The molecule has 2 aromatic rings. The van der Waals surface area contributed by atoms with Gasteiger partial charge in [0.05, 0.1) is 5.69 Å². The second-order valence-corrected chi connectivity index (χ2v) is 3.95. The first-order valence-electron chi connectivity index (χ1n) is 5.47. The van der Waals surface area contributed by atoms with E-state index in [2.05, 4.69) is 39.1 Å². The molecule has 0 amide bonds. The quantitative estimate of drug-likeness (QED) is 0.804. The number of benzene rings is 1. The van der Waals surface area contributed by atoms with Crippen LogP contribution < -0.4 is 4.90 Å². The maximum atomic E-state index is 4.13. The van der Waals surface area contributed by atoms with Gasteiger partial charge in [-0.15, -0.1) is 0 Å². The molecule has 0 radical (unpaired) electrons. The predicted octanol–water partition coefficient (Wildman–Crippen LogP) is 2.71. The lowest BCUT2D eigenvalue weighted by Crippen LogP contribution is -2.07. The molecule has 1 aromatic carbocycles. The van der Waals surface area contributed by atoms with E-state index in [1.54, 1.807) is 12.5 Å². The summed E-state index contributed by atoms with van der Waals surface area (Å²) in [5, 5.41) is 0. The molecule has 0 aliphatic rings. The van der Waals surface area contributed by atoms with E-state index in [9.17, 15) is 0 Å². The number of rotatable bonds is 3. The second kappa shape index (κ2) is 5.25. The van der Waals surface area contributed by atoms with E-state index in [1.807, 2.05) is 32.3 Å². The number of hydrogen-bond acceptors (Lipinski definition) is 3. The van der Waals surface area contributed by atoms with E-state index >= 15 is 0 Å². The maximum absolute atomic E-state index is 4.13. The Labute approximate surface area is 101 Å². The second-order valence-electron chi connectivity index (χ2n) is 3.95. The third kappa shape index (κ3) is 3.14. The summed E-state index contributed by atoms with van der Waals surface area (Å²) in [4.78, 5) is 10.1. The van der Waals surface area contributed by atoms with Crippen LogP contribution in [0.15, 0.2) is 42.9 Å². The van der Waals surface area contributed by atoms with Crippen LogP contribution in [0.4, 0.5) is 5.69 Å². The molecule has 0 unspecified atom stereocenters. The Balaban J connectivity index is 2.12. The predicted molar refractivity (Wildman–Crippen MR) is 71.7 cm³/mol. The molecule has 2 rings (SSSR count). The van der Waals surface area contributed by atoms with Gasteiger partial charge in [-0.3, -0.25) is 0 Å². The van der Waals surface area contributed by atoms with Gasteiger partial charge in [-0.25, -0.2) is 9.97 Å². The van der Waals surface area contributed by atoms with Gasteiger partial charge >= 0.3 is 0 Å². The van der Waals surface area contributed by atoms with Gasteiger partial charge in [0.1, 0.15) is 6.33 Å². The van der Waals surface area contributed by atoms with Crippen LogP contribution in [-0.2, 0) is 0 Å². The van der Waals surface area contributed by atoms with Crippen molar-refractivity contribution in [3.8, 4) is 0 Å². The molecule has 0 spiro atoms. The van der Waals surface area contributed by atoms with E-state index in [-0.39, 0.29) is 0 Å². The van der Waals surface area contributed by atoms with Crippen LogP contribution in [0.2, 0.25) is 0 Å². The third-order valence-electron chi connectivity index (χ3n) is 2.46. The molecule has 17 heavy (non-hydrogen) atoms. The van der Waals surface area contributed by atoms with Crippen LogP contribution in [0.25, 0.3) is 12.2 Å². The van der Waals surface area contributed by atoms with E-state index in [0.29, 0.717) is 0 Å². The molecule has 1 aromatic heterocycles. The van der Waals surface area contributed by atoms with Crippen molar-refractivity contribution in [1.82, 2.24) is 9.97 Å². The van der Waals surface area contributed by atoms with Crippen molar-refractivity contribution < 1.29 is 0 Å². The zero-order valence-electron chi connectivity index (χ0n) is 10.0. The third-order valence-corrected chi connectivity index (χ3v) is 2.46. The molecule has 3 heteroatoms. The molecule has 1 heterocycles. The first kappa shape index (κ1) is 11.3. The van der Waals surface area contributed by atoms with Gasteiger partial charge in [0, 0.05) is 26.0 Å². The van der Waals surface area contributed by atoms with Gasteiger partial charge in [-0.05, 0) is 29.8 Å². The number of hydrogen-bond donors (Lipinski definition) is 0. The highest BCUT2D eigenvalue weighted by Gasteiger charge is 1.93. The highest BCUT2D eigenvalue weighted by atomic mass is 15.1.